The van der Waals surface area contributed by atoms with Gasteiger partial charge in [-0.3, -0.25) is 10.1 Å². The van der Waals surface area contributed by atoms with Crippen molar-refractivity contribution in [1.29, 1.82) is 0 Å². The molecular weight excluding hydrogens is 354 g/mol. The van der Waals surface area contributed by atoms with Crippen molar-refractivity contribution in [1.82, 2.24) is 10.2 Å². The maximum Gasteiger partial charge on any atom is 0.277 e. The number of benzene rings is 2. The van der Waals surface area contributed by atoms with Crippen LogP contribution < -0.4 is 4.74 Å². The summed E-state index contributed by atoms with van der Waals surface area (Å²) in [4.78, 5) is 10.6. The second-order valence-corrected chi connectivity index (χ2v) is 6.62. The van der Waals surface area contributed by atoms with E-state index < -0.39 is 4.92 Å². The van der Waals surface area contributed by atoms with Gasteiger partial charge in [0.05, 0.1) is 4.92 Å². The van der Waals surface area contributed by atoms with E-state index in [2.05, 4.69) is 10.2 Å². The predicted molar refractivity (Wildman–Crippen MR) is 97.2 cm³/mol. The fraction of sp³-hybridized carbons (Fsp3) is 0.222. The number of rotatable bonds is 7. The van der Waals surface area contributed by atoms with Crippen LogP contribution >= 0.6 is 11.8 Å². The van der Waals surface area contributed by atoms with Gasteiger partial charge < -0.3 is 9.15 Å². The number of thioether (sulfide) groups is 1. The zero-order chi connectivity index (χ0) is 18.5. The van der Waals surface area contributed by atoms with Crippen LogP contribution in [0.15, 0.2) is 52.1 Å². The SMILES string of the molecule is Cc1ccc(C)c(OCc2nnc(SCc3ccccc3[N+](=O)[O-])o2)c1. The molecule has 26 heavy (non-hydrogen) atoms. The highest BCUT2D eigenvalue weighted by Crippen LogP contribution is 2.27. The van der Waals surface area contributed by atoms with Crippen molar-refractivity contribution in [3.05, 3.63) is 75.2 Å². The van der Waals surface area contributed by atoms with Gasteiger partial charge in [-0.2, -0.15) is 0 Å². The molecule has 0 aliphatic heterocycles. The molecule has 0 unspecified atom stereocenters. The van der Waals surface area contributed by atoms with Crippen LogP contribution in [0.1, 0.15) is 22.6 Å². The fourth-order valence-electron chi connectivity index (χ4n) is 2.31. The molecule has 1 heterocycles. The van der Waals surface area contributed by atoms with Gasteiger partial charge in [0.15, 0.2) is 6.61 Å². The molecule has 7 nitrogen and oxygen atoms in total. The van der Waals surface area contributed by atoms with Gasteiger partial charge in [0.1, 0.15) is 5.75 Å². The van der Waals surface area contributed by atoms with Crippen molar-refractivity contribution in [2.45, 2.75) is 31.4 Å². The Morgan fingerprint density at radius 1 is 1.19 bits per heavy atom. The summed E-state index contributed by atoms with van der Waals surface area (Å²) in [5.41, 5.74) is 2.82. The average Bonchev–Trinajstić information content (AvgIpc) is 3.09. The molecule has 3 rings (SSSR count). The van der Waals surface area contributed by atoms with E-state index in [9.17, 15) is 10.1 Å². The standard InChI is InChI=1S/C18H17N3O4S/c1-12-7-8-13(2)16(9-12)24-10-17-19-20-18(25-17)26-11-14-5-3-4-6-15(14)21(22)23/h3-9H,10-11H2,1-2H3. The van der Waals surface area contributed by atoms with E-state index in [1.165, 1.54) is 17.8 Å². The monoisotopic (exact) mass is 371 g/mol. The molecule has 1 aromatic heterocycles. The van der Waals surface area contributed by atoms with E-state index in [0.29, 0.717) is 22.4 Å². The molecule has 2 aromatic carbocycles. The number of ether oxygens (including phenoxy) is 1. The second kappa shape index (κ2) is 8.01. The third kappa shape index (κ3) is 4.40. The molecule has 0 saturated heterocycles. The molecule has 0 atom stereocenters. The smallest absolute Gasteiger partial charge is 0.277 e. The maximum absolute atomic E-state index is 11.0. The third-order valence-electron chi connectivity index (χ3n) is 3.68. The van der Waals surface area contributed by atoms with E-state index >= 15 is 0 Å². The summed E-state index contributed by atoms with van der Waals surface area (Å²) in [6.07, 6.45) is 0. The van der Waals surface area contributed by atoms with E-state index in [4.69, 9.17) is 9.15 Å². The van der Waals surface area contributed by atoms with Crippen molar-refractivity contribution < 1.29 is 14.1 Å². The number of hydrogen-bond donors (Lipinski definition) is 0. The summed E-state index contributed by atoms with van der Waals surface area (Å²) in [7, 11) is 0. The van der Waals surface area contributed by atoms with E-state index in [1.807, 2.05) is 32.0 Å². The largest absolute Gasteiger partial charge is 0.484 e. The third-order valence-corrected chi connectivity index (χ3v) is 4.55. The Morgan fingerprint density at radius 2 is 2.00 bits per heavy atom. The first kappa shape index (κ1) is 17.9. The lowest BCUT2D eigenvalue weighted by molar-refractivity contribution is -0.385. The molecule has 0 spiro atoms. The zero-order valence-corrected chi connectivity index (χ0v) is 15.2. The minimum atomic E-state index is -0.396. The molecule has 0 fully saturated rings. The second-order valence-electron chi connectivity index (χ2n) is 5.69. The zero-order valence-electron chi connectivity index (χ0n) is 14.3. The first-order chi connectivity index (χ1) is 12.5. The number of nitrogens with zero attached hydrogens (tertiary/aromatic N) is 3. The lowest BCUT2D eigenvalue weighted by Gasteiger charge is -2.07. The molecule has 0 bridgehead atoms. The number of aryl methyl sites for hydroxylation is 2. The van der Waals surface area contributed by atoms with E-state index in [0.717, 1.165) is 16.9 Å². The van der Waals surface area contributed by atoms with Gasteiger partial charge in [0.2, 0.25) is 0 Å². The van der Waals surface area contributed by atoms with Crippen molar-refractivity contribution in [2.24, 2.45) is 0 Å². The molecule has 0 aliphatic carbocycles. The van der Waals surface area contributed by atoms with E-state index in [-0.39, 0.29) is 12.3 Å². The van der Waals surface area contributed by atoms with Crippen LogP contribution in [-0.4, -0.2) is 15.1 Å². The van der Waals surface area contributed by atoms with Crippen molar-refractivity contribution in [2.75, 3.05) is 0 Å². The molecular formula is C18H17N3O4S. The highest BCUT2D eigenvalue weighted by Gasteiger charge is 2.14. The highest BCUT2D eigenvalue weighted by molar-refractivity contribution is 7.98. The Bertz CT molecular complexity index is 926. The molecule has 8 heteroatoms. The average molecular weight is 371 g/mol. The predicted octanol–water partition coefficient (Wildman–Crippen LogP) is 4.47. The molecule has 0 saturated carbocycles. The summed E-state index contributed by atoms with van der Waals surface area (Å²) in [5.74, 6) is 1.50. The molecule has 0 radical (unpaired) electrons. The number of aromatic nitrogens is 2. The summed E-state index contributed by atoms with van der Waals surface area (Å²) in [5, 5.41) is 19.3. The molecule has 3 aromatic rings. The fourth-order valence-corrected chi connectivity index (χ4v) is 3.08. The van der Waals surface area contributed by atoms with Gasteiger partial charge in [-0.1, -0.05) is 42.1 Å². The molecule has 0 N–H and O–H groups in total. The van der Waals surface area contributed by atoms with Crippen molar-refractivity contribution in [3.8, 4) is 5.75 Å². The van der Waals surface area contributed by atoms with E-state index in [1.54, 1.807) is 18.2 Å². The summed E-state index contributed by atoms with van der Waals surface area (Å²) < 4.78 is 11.3. The Balaban J connectivity index is 1.60. The minimum Gasteiger partial charge on any atom is -0.484 e. The van der Waals surface area contributed by atoms with Crippen LogP contribution in [0, 0.1) is 24.0 Å². The minimum absolute atomic E-state index is 0.0815. The van der Waals surface area contributed by atoms with Crippen LogP contribution in [-0.2, 0) is 12.4 Å². The molecule has 0 amide bonds. The van der Waals surface area contributed by atoms with Crippen LogP contribution in [0.4, 0.5) is 5.69 Å². The highest BCUT2D eigenvalue weighted by atomic mass is 32.2. The van der Waals surface area contributed by atoms with Crippen molar-refractivity contribution >= 4 is 17.4 Å². The summed E-state index contributed by atoms with van der Waals surface area (Å²) in [6, 6.07) is 12.6. The number of para-hydroxylation sites is 1. The molecule has 0 aliphatic rings. The first-order valence-corrected chi connectivity index (χ1v) is 8.89. The number of nitro benzene ring substituents is 1. The molecule has 134 valence electrons. The number of hydrogen-bond acceptors (Lipinski definition) is 7. The van der Waals surface area contributed by atoms with Gasteiger partial charge >= 0.3 is 0 Å². The van der Waals surface area contributed by atoms with Crippen LogP contribution in [0.2, 0.25) is 0 Å². The quantitative estimate of drug-likeness (QED) is 0.344. The van der Waals surface area contributed by atoms with Crippen molar-refractivity contribution in [3.63, 3.8) is 0 Å². The topological polar surface area (TPSA) is 91.3 Å². The maximum atomic E-state index is 11.0. The Hall–Kier alpha value is -2.87. The van der Waals surface area contributed by atoms with Crippen LogP contribution in [0.25, 0.3) is 0 Å². The van der Waals surface area contributed by atoms with Gasteiger partial charge in [-0.25, -0.2) is 0 Å². The van der Waals surface area contributed by atoms with Gasteiger partial charge in [-0.05, 0) is 31.0 Å². The summed E-state index contributed by atoms with van der Waals surface area (Å²) >= 11 is 1.25. The lowest BCUT2D eigenvalue weighted by Crippen LogP contribution is -1.97. The van der Waals surface area contributed by atoms with Gasteiger partial charge in [-0.15, -0.1) is 10.2 Å². The Morgan fingerprint density at radius 3 is 2.81 bits per heavy atom. The van der Waals surface area contributed by atoms with Crippen LogP contribution in [0.3, 0.4) is 0 Å². The summed E-state index contributed by atoms with van der Waals surface area (Å²) in [6.45, 7) is 4.14. The van der Waals surface area contributed by atoms with Gasteiger partial charge in [0.25, 0.3) is 16.8 Å². The Labute approximate surface area is 154 Å². The lowest BCUT2D eigenvalue weighted by atomic mass is 10.1. The van der Waals surface area contributed by atoms with Gasteiger partial charge in [0, 0.05) is 17.4 Å². The first-order valence-electron chi connectivity index (χ1n) is 7.90. The Kier molecular flexibility index (Phi) is 5.52. The normalized spacial score (nSPS) is 10.7. The number of nitro groups is 1. The van der Waals surface area contributed by atoms with Crippen LogP contribution in [0.5, 0.6) is 5.75 Å².